The summed E-state index contributed by atoms with van der Waals surface area (Å²) in [4.78, 5) is 2.30. The Kier molecular flexibility index (Phi) is 2.77. The Hall–Kier alpha value is -2.56. The fourth-order valence-electron chi connectivity index (χ4n) is 2.83. The molecule has 0 amide bonds. The Morgan fingerprint density at radius 1 is 1.19 bits per heavy atom. The first kappa shape index (κ1) is 12.2. The van der Waals surface area contributed by atoms with Gasteiger partial charge < -0.3 is 13.7 Å². The number of aromatic nitrogens is 2. The van der Waals surface area contributed by atoms with E-state index < -0.39 is 0 Å². The van der Waals surface area contributed by atoms with Gasteiger partial charge >= 0.3 is 0 Å². The average Bonchev–Trinajstić information content (AvgIpc) is 3.20. The van der Waals surface area contributed by atoms with Crippen molar-refractivity contribution < 1.29 is 8.83 Å². The molecule has 1 aliphatic rings. The summed E-state index contributed by atoms with van der Waals surface area (Å²) < 4.78 is 11.0. The average molecular weight is 281 g/mol. The van der Waals surface area contributed by atoms with Crippen LogP contribution in [0.25, 0.3) is 11.7 Å². The van der Waals surface area contributed by atoms with Crippen molar-refractivity contribution in [2.45, 2.75) is 25.9 Å². The predicted molar refractivity (Wildman–Crippen MR) is 77.8 cm³/mol. The van der Waals surface area contributed by atoms with Gasteiger partial charge in [0.25, 0.3) is 5.89 Å². The van der Waals surface area contributed by atoms with Crippen LogP contribution in [0.2, 0.25) is 0 Å². The van der Waals surface area contributed by atoms with Crippen molar-refractivity contribution in [2.75, 3.05) is 4.90 Å². The van der Waals surface area contributed by atoms with Crippen molar-refractivity contribution in [1.29, 1.82) is 0 Å². The SMILES string of the molecule is C[C@H]1Cc2ccccc2N1Cc1nnc(-c2ccco2)o1. The Bertz CT molecular complexity index is 748. The largest absolute Gasteiger partial charge is 0.459 e. The molecule has 0 spiro atoms. The first-order valence-electron chi connectivity index (χ1n) is 7.02. The molecule has 1 aliphatic heterocycles. The van der Waals surface area contributed by atoms with Crippen LogP contribution in [0, 0.1) is 0 Å². The highest BCUT2D eigenvalue weighted by Crippen LogP contribution is 2.33. The Balaban J connectivity index is 1.59. The molecule has 5 heteroatoms. The number of hydrogen-bond acceptors (Lipinski definition) is 5. The minimum absolute atomic E-state index is 0.426. The number of fused-ring (bicyclic) bond motifs is 1. The highest BCUT2D eigenvalue weighted by Gasteiger charge is 2.27. The van der Waals surface area contributed by atoms with Crippen LogP contribution in [-0.4, -0.2) is 16.2 Å². The zero-order valence-electron chi connectivity index (χ0n) is 11.7. The van der Waals surface area contributed by atoms with Gasteiger partial charge in [-0.1, -0.05) is 18.2 Å². The molecule has 1 atom stereocenters. The normalized spacial score (nSPS) is 17.2. The lowest BCUT2D eigenvalue weighted by Gasteiger charge is -2.22. The second kappa shape index (κ2) is 4.77. The lowest BCUT2D eigenvalue weighted by Crippen LogP contribution is -2.28. The van der Waals surface area contributed by atoms with E-state index >= 15 is 0 Å². The van der Waals surface area contributed by atoms with Crippen molar-refractivity contribution in [3.8, 4) is 11.7 Å². The van der Waals surface area contributed by atoms with E-state index in [1.807, 2.05) is 6.07 Å². The third-order valence-electron chi connectivity index (χ3n) is 3.85. The first-order chi connectivity index (χ1) is 10.3. The molecule has 0 saturated heterocycles. The summed E-state index contributed by atoms with van der Waals surface area (Å²) in [5.41, 5.74) is 2.62. The summed E-state index contributed by atoms with van der Waals surface area (Å²) >= 11 is 0. The highest BCUT2D eigenvalue weighted by molar-refractivity contribution is 5.59. The summed E-state index contributed by atoms with van der Waals surface area (Å²) in [6.07, 6.45) is 2.65. The monoisotopic (exact) mass is 281 g/mol. The van der Waals surface area contributed by atoms with E-state index in [2.05, 4.69) is 46.3 Å². The molecule has 4 rings (SSSR count). The van der Waals surface area contributed by atoms with Crippen LogP contribution < -0.4 is 4.90 Å². The standard InChI is InChI=1S/C16H15N3O2/c1-11-9-12-5-2-3-6-13(12)19(11)10-15-17-18-16(21-15)14-7-4-8-20-14/h2-8,11H,9-10H2,1H3/t11-/m0/s1. The van der Waals surface area contributed by atoms with E-state index in [0.29, 0.717) is 30.1 Å². The van der Waals surface area contributed by atoms with Crippen molar-refractivity contribution >= 4 is 5.69 Å². The van der Waals surface area contributed by atoms with E-state index in [0.717, 1.165) is 6.42 Å². The van der Waals surface area contributed by atoms with Gasteiger partial charge in [-0.25, -0.2) is 0 Å². The molecule has 0 unspecified atom stereocenters. The molecule has 3 aromatic rings. The van der Waals surface area contributed by atoms with Gasteiger partial charge in [0.1, 0.15) is 0 Å². The highest BCUT2D eigenvalue weighted by atomic mass is 16.4. The molecule has 106 valence electrons. The smallest absolute Gasteiger partial charge is 0.283 e. The van der Waals surface area contributed by atoms with Crippen molar-refractivity contribution in [1.82, 2.24) is 10.2 Å². The third-order valence-corrected chi connectivity index (χ3v) is 3.85. The van der Waals surface area contributed by atoms with Crippen molar-refractivity contribution in [3.63, 3.8) is 0 Å². The summed E-state index contributed by atoms with van der Waals surface area (Å²) in [5.74, 6) is 1.63. The number of furan rings is 1. The van der Waals surface area contributed by atoms with Gasteiger partial charge in [-0.15, -0.1) is 10.2 Å². The fourth-order valence-corrected chi connectivity index (χ4v) is 2.83. The molecule has 0 aliphatic carbocycles. The molecule has 0 saturated carbocycles. The Morgan fingerprint density at radius 3 is 2.95 bits per heavy atom. The van der Waals surface area contributed by atoms with Crippen LogP contribution in [0.15, 0.2) is 51.5 Å². The minimum atomic E-state index is 0.426. The zero-order valence-corrected chi connectivity index (χ0v) is 11.7. The van der Waals surface area contributed by atoms with E-state index in [4.69, 9.17) is 8.83 Å². The fraction of sp³-hybridized carbons (Fsp3) is 0.250. The van der Waals surface area contributed by atoms with Gasteiger partial charge in [0.15, 0.2) is 5.76 Å². The van der Waals surface area contributed by atoms with Gasteiger partial charge in [0.2, 0.25) is 5.89 Å². The molecule has 0 N–H and O–H groups in total. The van der Waals surface area contributed by atoms with E-state index in [1.54, 1.807) is 12.3 Å². The molecule has 0 radical (unpaired) electrons. The quantitative estimate of drug-likeness (QED) is 0.737. The molecule has 5 nitrogen and oxygen atoms in total. The molecular weight excluding hydrogens is 266 g/mol. The van der Waals surface area contributed by atoms with Crippen molar-refractivity contribution in [2.24, 2.45) is 0 Å². The van der Waals surface area contributed by atoms with Crippen molar-refractivity contribution in [3.05, 3.63) is 54.1 Å². The van der Waals surface area contributed by atoms with Gasteiger partial charge in [0, 0.05) is 11.7 Å². The predicted octanol–water partition coefficient (Wildman–Crippen LogP) is 3.28. The summed E-state index contributed by atoms with van der Waals surface area (Å²) in [7, 11) is 0. The number of anilines is 1. The van der Waals surface area contributed by atoms with Crippen LogP contribution in [-0.2, 0) is 13.0 Å². The molecule has 0 bridgehead atoms. The first-order valence-corrected chi connectivity index (χ1v) is 7.02. The van der Waals surface area contributed by atoms with Crippen LogP contribution in [0.1, 0.15) is 18.4 Å². The van der Waals surface area contributed by atoms with Gasteiger partial charge in [0.05, 0.1) is 12.8 Å². The number of hydrogen-bond donors (Lipinski definition) is 0. The summed E-state index contributed by atoms with van der Waals surface area (Å²) in [5, 5.41) is 8.17. The lowest BCUT2D eigenvalue weighted by atomic mass is 10.1. The maximum Gasteiger partial charge on any atom is 0.283 e. The molecule has 3 heterocycles. The minimum Gasteiger partial charge on any atom is -0.459 e. The van der Waals surface area contributed by atoms with E-state index in [9.17, 15) is 0 Å². The van der Waals surface area contributed by atoms with Crippen LogP contribution in [0.3, 0.4) is 0 Å². The second-order valence-corrected chi connectivity index (χ2v) is 5.29. The number of nitrogens with zero attached hydrogens (tertiary/aromatic N) is 3. The molecule has 1 aromatic carbocycles. The second-order valence-electron chi connectivity index (χ2n) is 5.29. The van der Waals surface area contributed by atoms with Gasteiger partial charge in [-0.2, -0.15) is 0 Å². The molecule has 2 aromatic heterocycles. The van der Waals surface area contributed by atoms with Gasteiger partial charge in [-0.05, 0) is 37.1 Å². The Labute approximate surface area is 122 Å². The maximum absolute atomic E-state index is 5.70. The van der Waals surface area contributed by atoms with E-state index in [-0.39, 0.29) is 0 Å². The zero-order chi connectivity index (χ0) is 14.2. The van der Waals surface area contributed by atoms with Gasteiger partial charge in [-0.3, -0.25) is 0 Å². The lowest BCUT2D eigenvalue weighted by molar-refractivity contribution is 0.469. The van der Waals surface area contributed by atoms with Crippen LogP contribution in [0.5, 0.6) is 0 Å². The third kappa shape index (κ3) is 2.11. The topological polar surface area (TPSA) is 55.3 Å². The maximum atomic E-state index is 5.70. The molecule has 21 heavy (non-hydrogen) atoms. The van der Waals surface area contributed by atoms with Crippen LogP contribution in [0.4, 0.5) is 5.69 Å². The summed E-state index contributed by atoms with van der Waals surface area (Å²) in [6, 6.07) is 12.5. The summed E-state index contributed by atoms with van der Waals surface area (Å²) in [6.45, 7) is 2.83. The van der Waals surface area contributed by atoms with E-state index in [1.165, 1.54) is 11.3 Å². The number of rotatable bonds is 3. The molecular formula is C16H15N3O2. The Morgan fingerprint density at radius 2 is 2.10 bits per heavy atom. The number of para-hydroxylation sites is 1. The molecule has 0 fully saturated rings. The van der Waals surface area contributed by atoms with Crippen LogP contribution >= 0.6 is 0 Å². The number of benzene rings is 1.